The Kier molecular flexibility index (Phi) is 6.23. The maximum Gasteiger partial charge on any atom is 0.242 e. The van der Waals surface area contributed by atoms with E-state index in [4.69, 9.17) is 0 Å². The van der Waals surface area contributed by atoms with Crippen LogP contribution in [0.4, 0.5) is 0 Å². The van der Waals surface area contributed by atoms with E-state index in [0.29, 0.717) is 19.1 Å². The Hall–Kier alpha value is -0.220. The minimum Gasteiger partial charge on any atom is -0.387 e. The molecule has 1 saturated carbocycles. The second-order valence-electron chi connectivity index (χ2n) is 6.17. The van der Waals surface area contributed by atoms with Crippen LogP contribution in [0.15, 0.2) is 4.99 Å². The number of rotatable bonds is 3. The van der Waals surface area contributed by atoms with E-state index in [1.165, 1.54) is 0 Å². The molecule has 3 aliphatic rings. The van der Waals surface area contributed by atoms with Gasteiger partial charge in [0.2, 0.25) is 5.91 Å². The van der Waals surface area contributed by atoms with Crippen LogP contribution in [0.2, 0.25) is 0 Å². The van der Waals surface area contributed by atoms with Crippen LogP contribution in [-0.2, 0) is 4.79 Å². The third-order valence-electron chi connectivity index (χ3n) is 4.41. The number of aliphatic hydroxyl groups is 1. The lowest BCUT2D eigenvalue weighted by Crippen LogP contribution is -2.57. The summed E-state index contributed by atoms with van der Waals surface area (Å²) in [6.45, 7) is 2.49. The minimum atomic E-state index is -0.638. The summed E-state index contributed by atoms with van der Waals surface area (Å²) >= 11 is 1.78. The third-order valence-corrected chi connectivity index (χ3v) is 5.65. The third kappa shape index (κ3) is 4.19. The van der Waals surface area contributed by atoms with Crippen molar-refractivity contribution in [2.24, 2.45) is 4.99 Å². The SMILES string of the molecule is CN=C(NCC1(O)CCSC1)N1CCN(C2CC2)C(=O)C1.I. The van der Waals surface area contributed by atoms with E-state index in [9.17, 15) is 9.90 Å². The highest BCUT2D eigenvalue weighted by atomic mass is 127. The fourth-order valence-corrected chi connectivity index (χ4v) is 4.25. The Morgan fingerprint density at radius 2 is 2.27 bits per heavy atom. The first-order chi connectivity index (χ1) is 10.1. The summed E-state index contributed by atoms with van der Waals surface area (Å²) in [5.41, 5.74) is -0.638. The first-order valence-electron chi connectivity index (χ1n) is 7.66. The zero-order valence-electron chi connectivity index (χ0n) is 13.0. The van der Waals surface area contributed by atoms with Crippen molar-refractivity contribution in [2.75, 3.05) is 44.7 Å². The van der Waals surface area contributed by atoms with Crippen molar-refractivity contribution in [3.8, 4) is 0 Å². The van der Waals surface area contributed by atoms with E-state index < -0.39 is 5.60 Å². The van der Waals surface area contributed by atoms with Crippen molar-refractivity contribution in [1.82, 2.24) is 15.1 Å². The zero-order chi connectivity index (χ0) is 14.9. The Bertz CT molecular complexity index is 439. The largest absolute Gasteiger partial charge is 0.387 e. The van der Waals surface area contributed by atoms with E-state index >= 15 is 0 Å². The van der Waals surface area contributed by atoms with Gasteiger partial charge in [0.1, 0.15) is 0 Å². The zero-order valence-corrected chi connectivity index (χ0v) is 16.1. The Labute approximate surface area is 153 Å². The molecule has 0 spiro atoms. The van der Waals surface area contributed by atoms with E-state index in [1.807, 2.05) is 9.80 Å². The molecule has 3 rings (SSSR count). The summed E-state index contributed by atoms with van der Waals surface area (Å²) in [7, 11) is 1.73. The summed E-state index contributed by atoms with van der Waals surface area (Å²) in [4.78, 5) is 20.4. The molecule has 0 aromatic carbocycles. The smallest absolute Gasteiger partial charge is 0.242 e. The lowest BCUT2D eigenvalue weighted by Gasteiger charge is -2.37. The molecule has 1 amide bonds. The fourth-order valence-electron chi connectivity index (χ4n) is 2.95. The monoisotopic (exact) mass is 440 g/mol. The molecule has 2 N–H and O–H groups in total. The standard InChI is InChI=1S/C14H24N4O2S.HI/c1-15-13(16-9-14(20)4-7-21-10-14)17-5-6-18(11-2-3-11)12(19)8-17;/h11,20H,2-10H2,1H3,(H,15,16);1H. The molecule has 1 aliphatic carbocycles. The van der Waals surface area contributed by atoms with Crippen molar-refractivity contribution < 1.29 is 9.90 Å². The fraction of sp³-hybridized carbons (Fsp3) is 0.857. The molecule has 0 aromatic heterocycles. The van der Waals surface area contributed by atoms with E-state index in [-0.39, 0.29) is 29.9 Å². The normalized spacial score (nSPS) is 29.5. The van der Waals surface area contributed by atoms with Gasteiger partial charge in [-0.2, -0.15) is 11.8 Å². The number of hydrogen-bond donors (Lipinski definition) is 2. The average Bonchev–Trinajstić information content (AvgIpc) is 3.22. The number of nitrogens with one attached hydrogen (secondary N) is 1. The topological polar surface area (TPSA) is 68.2 Å². The van der Waals surface area contributed by atoms with Crippen molar-refractivity contribution in [3.05, 3.63) is 0 Å². The highest BCUT2D eigenvalue weighted by Gasteiger charge is 2.37. The molecule has 6 nitrogen and oxygen atoms in total. The molecule has 1 unspecified atom stereocenters. The van der Waals surface area contributed by atoms with Crippen LogP contribution in [0.1, 0.15) is 19.3 Å². The number of halogens is 1. The molecule has 0 aromatic rings. The van der Waals surface area contributed by atoms with Gasteiger partial charge in [0, 0.05) is 38.5 Å². The van der Waals surface area contributed by atoms with Gasteiger partial charge in [-0.15, -0.1) is 24.0 Å². The number of aliphatic imine (C=N–C) groups is 1. The maximum atomic E-state index is 12.2. The van der Waals surface area contributed by atoms with Crippen molar-refractivity contribution in [1.29, 1.82) is 0 Å². The van der Waals surface area contributed by atoms with Crippen LogP contribution in [0.3, 0.4) is 0 Å². The molecule has 2 saturated heterocycles. The molecule has 8 heteroatoms. The highest BCUT2D eigenvalue weighted by Crippen LogP contribution is 2.28. The molecule has 3 fully saturated rings. The summed E-state index contributed by atoms with van der Waals surface area (Å²) in [6.07, 6.45) is 3.13. The predicted molar refractivity (Wildman–Crippen MR) is 100.0 cm³/mol. The number of piperazine rings is 1. The van der Waals surface area contributed by atoms with Gasteiger partial charge in [0.15, 0.2) is 5.96 Å². The first kappa shape index (κ1) is 18.1. The Morgan fingerprint density at radius 3 is 2.82 bits per heavy atom. The number of guanidine groups is 1. The molecule has 2 aliphatic heterocycles. The Balaban J connectivity index is 0.00000176. The molecule has 0 bridgehead atoms. The number of amides is 1. The van der Waals surface area contributed by atoms with Gasteiger partial charge in [-0.25, -0.2) is 0 Å². The van der Waals surface area contributed by atoms with Gasteiger partial charge in [0.05, 0.1) is 12.1 Å². The van der Waals surface area contributed by atoms with Gasteiger partial charge < -0.3 is 20.2 Å². The first-order valence-corrected chi connectivity index (χ1v) is 8.82. The van der Waals surface area contributed by atoms with Crippen LogP contribution < -0.4 is 5.32 Å². The second kappa shape index (κ2) is 7.57. The molecular weight excluding hydrogens is 415 g/mol. The minimum absolute atomic E-state index is 0. The van der Waals surface area contributed by atoms with Crippen LogP contribution in [0, 0.1) is 0 Å². The van der Waals surface area contributed by atoms with Crippen LogP contribution in [-0.4, -0.2) is 83.1 Å². The summed E-state index contributed by atoms with van der Waals surface area (Å²) in [5, 5.41) is 13.6. The number of carbonyl (C=O) groups excluding carboxylic acids is 1. The summed E-state index contributed by atoms with van der Waals surface area (Å²) in [5.74, 6) is 2.70. The van der Waals surface area contributed by atoms with Crippen molar-refractivity contribution in [2.45, 2.75) is 30.9 Å². The summed E-state index contributed by atoms with van der Waals surface area (Å²) < 4.78 is 0. The van der Waals surface area contributed by atoms with Gasteiger partial charge >= 0.3 is 0 Å². The quantitative estimate of drug-likeness (QED) is 0.377. The lowest BCUT2D eigenvalue weighted by molar-refractivity contribution is -0.135. The average molecular weight is 440 g/mol. The molecule has 0 radical (unpaired) electrons. The highest BCUT2D eigenvalue weighted by molar-refractivity contribution is 14.0. The van der Waals surface area contributed by atoms with E-state index in [2.05, 4.69) is 10.3 Å². The van der Waals surface area contributed by atoms with Crippen molar-refractivity contribution >= 4 is 47.6 Å². The van der Waals surface area contributed by atoms with Gasteiger partial charge in [-0.3, -0.25) is 9.79 Å². The van der Waals surface area contributed by atoms with E-state index in [0.717, 1.165) is 49.8 Å². The van der Waals surface area contributed by atoms with Gasteiger partial charge in [0.25, 0.3) is 0 Å². The van der Waals surface area contributed by atoms with Gasteiger partial charge in [-0.1, -0.05) is 0 Å². The summed E-state index contributed by atoms with van der Waals surface area (Å²) in [6, 6.07) is 0.492. The molecule has 126 valence electrons. The maximum absolute atomic E-state index is 12.2. The molecular formula is C14H25IN4O2S. The van der Waals surface area contributed by atoms with Crippen LogP contribution >= 0.6 is 35.7 Å². The van der Waals surface area contributed by atoms with Gasteiger partial charge in [-0.05, 0) is 25.0 Å². The van der Waals surface area contributed by atoms with Crippen LogP contribution in [0.5, 0.6) is 0 Å². The second-order valence-corrected chi connectivity index (χ2v) is 7.27. The number of hydrogen-bond acceptors (Lipinski definition) is 4. The van der Waals surface area contributed by atoms with Crippen LogP contribution in [0.25, 0.3) is 0 Å². The number of thioether (sulfide) groups is 1. The number of carbonyl (C=O) groups is 1. The molecule has 22 heavy (non-hydrogen) atoms. The predicted octanol–water partition coefficient (Wildman–Crippen LogP) is 0.354. The van der Waals surface area contributed by atoms with Crippen molar-refractivity contribution in [3.63, 3.8) is 0 Å². The molecule has 2 heterocycles. The lowest BCUT2D eigenvalue weighted by atomic mass is 10.0. The number of nitrogens with zero attached hydrogens (tertiary/aromatic N) is 3. The van der Waals surface area contributed by atoms with E-state index in [1.54, 1.807) is 18.8 Å². The Morgan fingerprint density at radius 1 is 1.50 bits per heavy atom. The molecule has 1 atom stereocenters.